The third-order valence-electron chi connectivity index (χ3n) is 2.49. The lowest BCUT2D eigenvalue weighted by molar-refractivity contribution is -0.122. The minimum atomic E-state index is 0.0517. The van der Waals surface area contributed by atoms with E-state index in [2.05, 4.69) is 17.7 Å². The van der Waals surface area contributed by atoms with E-state index in [9.17, 15) is 4.79 Å². The van der Waals surface area contributed by atoms with Crippen LogP contribution in [0.1, 0.15) is 20.3 Å². The van der Waals surface area contributed by atoms with Crippen molar-refractivity contribution in [3.8, 4) is 0 Å². The zero-order valence-corrected chi connectivity index (χ0v) is 9.58. The molecular formula is C10H21N3O2. The highest BCUT2D eigenvalue weighted by Crippen LogP contribution is 1.92. The predicted octanol–water partition coefficient (Wildman–Crippen LogP) is -0.262. The molecule has 0 aromatic carbocycles. The molecule has 5 nitrogen and oxygen atoms in total. The van der Waals surface area contributed by atoms with Gasteiger partial charge in [0.2, 0.25) is 5.91 Å². The SMILES string of the molecule is CCC(C)NC(=O)CNN1CCOCC1. The van der Waals surface area contributed by atoms with Crippen LogP contribution in [0.3, 0.4) is 0 Å². The van der Waals surface area contributed by atoms with Crippen molar-refractivity contribution in [2.45, 2.75) is 26.3 Å². The molecule has 1 unspecified atom stereocenters. The Kier molecular flexibility index (Phi) is 5.60. The zero-order valence-electron chi connectivity index (χ0n) is 9.58. The van der Waals surface area contributed by atoms with Crippen LogP contribution in [0.2, 0.25) is 0 Å². The zero-order chi connectivity index (χ0) is 11.1. The normalized spacial score (nSPS) is 19.9. The number of hydrazine groups is 1. The molecule has 0 aromatic heterocycles. The van der Waals surface area contributed by atoms with Crippen LogP contribution < -0.4 is 10.7 Å². The Morgan fingerprint density at radius 2 is 2.13 bits per heavy atom. The Bertz CT molecular complexity index is 193. The largest absolute Gasteiger partial charge is 0.379 e. The van der Waals surface area contributed by atoms with E-state index in [1.54, 1.807) is 0 Å². The number of nitrogens with one attached hydrogen (secondary N) is 2. The summed E-state index contributed by atoms with van der Waals surface area (Å²) in [6, 6.07) is 0.254. The molecule has 0 aromatic rings. The number of hydrogen-bond acceptors (Lipinski definition) is 4. The highest BCUT2D eigenvalue weighted by Gasteiger charge is 2.11. The molecule has 1 atom stereocenters. The predicted molar refractivity (Wildman–Crippen MR) is 58.3 cm³/mol. The molecule has 0 spiro atoms. The standard InChI is InChI=1S/C10H21N3O2/c1-3-9(2)12-10(14)8-11-13-4-6-15-7-5-13/h9,11H,3-8H2,1-2H3,(H,12,14). The molecule has 0 bridgehead atoms. The van der Waals surface area contributed by atoms with Gasteiger partial charge in [0.1, 0.15) is 0 Å². The van der Waals surface area contributed by atoms with Gasteiger partial charge < -0.3 is 10.1 Å². The summed E-state index contributed by atoms with van der Waals surface area (Å²) in [7, 11) is 0. The third kappa shape index (κ3) is 5.11. The quantitative estimate of drug-likeness (QED) is 0.663. The fraction of sp³-hybridized carbons (Fsp3) is 0.900. The van der Waals surface area contributed by atoms with Gasteiger partial charge in [-0.15, -0.1) is 0 Å². The molecule has 0 radical (unpaired) electrons. The van der Waals surface area contributed by atoms with Crippen molar-refractivity contribution in [1.29, 1.82) is 0 Å². The van der Waals surface area contributed by atoms with E-state index in [1.165, 1.54) is 0 Å². The van der Waals surface area contributed by atoms with Gasteiger partial charge in [0.25, 0.3) is 0 Å². The van der Waals surface area contributed by atoms with Gasteiger partial charge in [-0.1, -0.05) is 6.92 Å². The average molecular weight is 215 g/mol. The number of carbonyl (C=O) groups excluding carboxylic acids is 1. The van der Waals surface area contributed by atoms with Crippen LogP contribution in [0.4, 0.5) is 0 Å². The van der Waals surface area contributed by atoms with Crippen molar-refractivity contribution in [2.75, 3.05) is 32.8 Å². The summed E-state index contributed by atoms with van der Waals surface area (Å²) in [6.45, 7) is 7.57. The summed E-state index contributed by atoms with van der Waals surface area (Å²) in [6.07, 6.45) is 0.962. The first kappa shape index (κ1) is 12.4. The van der Waals surface area contributed by atoms with E-state index in [0.717, 1.165) is 32.7 Å². The first-order valence-corrected chi connectivity index (χ1v) is 5.58. The van der Waals surface area contributed by atoms with Crippen molar-refractivity contribution < 1.29 is 9.53 Å². The molecule has 0 aliphatic carbocycles. The molecular weight excluding hydrogens is 194 g/mol. The maximum absolute atomic E-state index is 11.4. The molecule has 1 aliphatic rings. The molecule has 88 valence electrons. The van der Waals surface area contributed by atoms with Gasteiger partial charge in [-0.2, -0.15) is 0 Å². The second-order valence-corrected chi connectivity index (χ2v) is 3.81. The summed E-state index contributed by atoms with van der Waals surface area (Å²) >= 11 is 0. The summed E-state index contributed by atoms with van der Waals surface area (Å²) in [5, 5.41) is 4.94. The van der Waals surface area contributed by atoms with Gasteiger partial charge >= 0.3 is 0 Å². The lowest BCUT2D eigenvalue weighted by Gasteiger charge is -2.27. The molecule has 0 saturated carbocycles. The summed E-state index contributed by atoms with van der Waals surface area (Å²) in [5.41, 5.74) is 3.09. The number of morpholine rings is 1. The van der Waals surface area contributed by atoms with Gasteiger partial charge in [-0.3, -0.25) is 4.79 Å². The van der Waals surface area contributed by atoms with Crippen LogP contribution in [-0.2, 0) is 9.53 Å². The van der Waals surface area contributed by atoms with Crippen LogP contribution in [0.5, 0.6) is 0 Å². The van der Waals surface area contributed by atoms with Gasteiger partial charge in [0, 0.05) is 19.1 Å². The molecule has 1 heterocycles. The van der Waals surface area contributed by atoms with Crippen molar-refractivity contribution >= 4 is 5.91 Å². The summed E-state index contributed by atoms with van der Waals surface area (Å²) in [5.74, 6) is 0.0517. The first-order valence-electron chi connectivity index (χ1n) is 5.58. The Morgan fingerprint density at radius 3 is 2.73 bits per heavy atom. The van der Waals surface area contributed by atoms with Crippen LogP contribution >= 0.6 is 0 Å². The average Bonchev–Trinajstić information content (AvgIpc) is 2.27. The minimum Gasteiger partial charge on any atom is -0.379 e. The number of carbonyl (C=O) groups is 1. The highest BCUT2D eigenvalue weighted by molar-refractivity contribution is 5.78. The van der Waals surface area contributed by atoms with Gasteiger partial charge in [0.05, 0.1) is 19.8 Å². The Labute approximate surface area is 91.1 Å². The molecule has 5 heteroatoms. The number of nitrogens with zero attached hydrogens (tertiary/aromatic N) is 1. The van der Waals surface area contributed by atoms with E-state index in [0.29, 0.717) is 6.54 Å². The van der Waals surface area contributed by atoms with Gasteiger partial charge in [-0.05, 0) is 13.3 Å². The Hall–Kier alpha value is -0.650. The van der Waals surface area contributed by atoms with Crippen molar-refractivity contribution in [1.82, 2.24) is 15.8 Å². The minimum absolute atomic E-state index is 0.0517. The smallest absolute Gasteiger partial charge is 0.235 e. The molecule has 1 fully saturated rings. The Balaban J connectivity index is 2.10. The topological polar surface area (TPSA) is 53.6 Å². The van der Waals surface area contributed by atoms with Crippen molar-refractivity contribution in [3.05, 3.63) is 0 Å². The van der Waals surface area contributed by atoms with E-state index in [1.807, 2.05) is 11.9 Å². The number of rotatable bonds is 5. The van der Waals surface area contributed by atoms with Crippen molar-refractivity contribution in [3.63, 3.8) is 0 Å². The van der Waals surface area contributed by atoms with Crippen LogP contribution in [0, 0.1) is 0 Å². The molecule has 1 saturated heterocycles. The number of ether oxygens (including phenoxy) is 1. The third-order valence-corrected chi connectivity index (χ3v) is 2.49. The first-order chi connectivity index (χ1) is 7.22. The van der Waals surface area contributed by atoms with Crippen molar-refractivity contribution in [2.24, 2.45) is 0 Å². The number of amides is 1. The van der Waals surface area contributed by atoms with Gasteiger partial charge in [0.15, 0.2) is 0 Å². The Morgan fingerprint density at radius 1 is 1.47 bits per heavy atom. The van der Waals surface area contributed by atoms with Crippen LogP contribution in [-0.4, -0.2) is 49.8 Å². The highest BCUT2D eigenvalue weighted by atomic mass is 16.5. The summed E-state index contributed by atoms with van der Waals surface area (Å²) < 4.78 is 5.21. The van der Waals surface area contributed by atoms with E-state index >= 15 is 0 Å². The molecule has 1 rings (SSSR count). The second kappa shape index (κ2) is 6.76. The summed E-state index contributed by atoms with van der Waals surface area (Å²) in [4.78, 5) is 11.4. The van der Waals surface area contributed by atoms with Crippen LogP contribution in [0.15, 0.2) is 0 Å². The fourth-order valence-corrected chi connectivity index (χ4v) is 1.33. The van der Waals surface area contributed by atoms with Gasteiger partial charge in [-0.25, -0.2) is 10.4 Å². The van der Waals surface area contributed by atoms with Crippen LogP contribution in [0.25, 0.3) is 0 Å². The molecule has 15 heavy (non-hydrogen) atoms. The van der Waals surface area contributed by atoms with E-state index in [-0.39, 0.29) is 11.9 Å². The second-order valence-electron chi connectivity index (χ2n) is 3.81. The molecule has 1 amide bonds. The lowest BCUT2D eigenvalue weighted by atomic mass is 10.2. The fourth-order valence-electron chi connectivity index (χ4n) is 1.33. The monoisotopic (exact) mass is 215 g/mol. The number of hydrogen-bond donors (Lipinski definition) is 2. The maximum atomic E-state index is 11.4. The molecule has 1 aliphatic heterocycles. The maximum Gasteiger partial charge on any atom is 0.235 e. The molecule has 2 N–H and O–H groups in total. The van der Waals surface area contributed by atoms with E-state index in [4.69, 9.17) is 4.74 Å². The lowest BCUT2D eigenvalue weighted by Crippen LogP contribution is -2.50. The van der Waals surface area contributed by atoms with E-state index < -0.39 is 0 Å².